The van der Waals surface area contributed by atoms with Crippen molar-refractivity contribution in [1.29, 1.82) is 0 Å². The molecule has 3 aromatic rings. The molecule has 3 rings (SSSR count). The molecule has 0 aliphatic heterocycles. The molecule has 1 heterocycles. The molecule has 0 fully saturated rings. The second-order valence-electron chi connectivity index (χ2n) is 5.77. The van der Waals surface area contributed by atoms with E-state index in [1.54, 1.807) is 0 Å². The van der Waals surface area contributed by atoms with Crippen molar-refractivity contribution in [1.82, 2.24) is 14.5 Å². The van der Waals surface area contributed by atoms with Crippen LogP contribution in [0.1, 0.15) is 17.0 Å². The van der Waals surface area contributed by atoms with Gasteiger partial charge in [0.25, 0.3) is 0 Å². The predicted octanol–water partition coefficient (Wildman–Crippen LogP) is 3.45. The van der Waals surface area contributed by atoms with Gasteiger partial charge in [-0.2, -0.15) is 0 Å². The highest BCUT2D eigenvalue weighted by molar-refractivity contribution is 5.76. The van der Waals surface area contributed by atoms with E-state index >= 15 is 0 Å². The van der Waals surface area contributed by atoms with Gasteiger partial charge in [-0.15, -0.1) is 0 Å². The molecule has 0 saturated heterocycles. The van der Waals surface area contributed by atoms with Gasteiger partial charge in [-0.3, -0.25) is 0 Å². The zero-order valence-corrected chi connectivity index (χ0v) is 12.9. The van der Waals surface area contributed by atoms with Crippen molar-refractivity contribution < 1.29 is 0 Å². The molecule has 0 aliphatic rings. The molecule has 2 aromatic carbocycles. The van der Waals surface area contributed by atoms with Gasteiger partial charge in [0.2, 0.25) is 0 Å². The molecule has 0 radical (unpaired) electrons. The minimum absolute atomic E-state index is 0.848. The van der Waals surface area contributed by atoms with Crippen LogP contribution in [0.15, 0.2) is 48.5 Å². The van der Waals surface area contributed by atoms with E-state index in [0.29, 0.717) is 0 Å². The number of aromatic nitrogens is 2. The highest BCUT2D eigenvalue weighted by Crippen LogP contribution is 2.20. The Hall–Kier alpha value is -2.13. The number of hydrogen-bond donors (Lipinski definition) is 0. The maximum atomic E-state index is 4.80. The summed E-state index contributed by atoms with van der Waals surface area (Å²) in [5.74, 6) is 1.12. The average Bonchev–Trinajstić information content (AvgIpc) is 2.78. The molecule has 0 atom stereocenters. The Labute approximate surface area is 125 Å². The Balaban J connectivity index is 2.09. The minimum Gasteiger partial charge on any atom is -0.322 e. The standard InChI is InChI=1S/C18H21N3/c1-14-8-4-5-9-15(14)12-21-17-11-7-6-10-16(17)19-18(21)13-20(2)3/h4-11H,12-13H2,1-3H3. The fraction of sp³-hybridized carbons (Fsp3) is 0.278. The summed E-state index contributed by atoms with van der Waals surface area (Å²) in [5.41, 5.74) is 4.95. The summed E-state index contributed by atoms with van der Waals surface area (Å²) in [7, 11) is 4.16. The summed E-state index contributed by atoms with van der Waals surface area (Å²) in [6, 6.07) is 16.9. The van der Waals surface area contributed by atoms with Gasteiger partial charge in [-0.1, -0.05) is 36.4 Å². The van der Waals surface area contributed by atoms with Crippen LogP contribution in [0.3, 0.4) is 0 Å². The minimum atomic E-state index is 0.848. The normalized spacial score (nSPS) is 11.4. The van der Waals surface area contributed by atoms with E-state index in [1.165, 1.54) is 16.6 Å². The van der Waals surface area contributed by atoms with E-state index < -0.39 is 0 Å². The second-order valence-corrected chi connectivity index (χ2v) is 5.77. The third kappa shape index (κ3) is 2.83. The number of fused-ring (bicyclic) bond motifs is 1. The summed E-state index contributed by atoms with van der Waals surface area (Å²) >= 11 is 0. The first kappa shape index (κ1) is 13.8. The van der Waals surface area contributed by atoms with Gasteiger partial charge in [-0.05, 0) is 44.3 Å². The van der Waals surface area contributed by atoms with Crippen molar-refractivity contribution in [3.05, 3.63) is 65.5 Å². The van der Waals surface area contributed by atoms with Gasteiger partial charge in [0, 0.05) is 6.54 Å². The maximum Gasteiger partial charge on any atom is 0.124 e. The van der Waals surface area contributed by atoms with Crippen molar-refractivity contribution in [3.8, 4) is 0 Å². The monoisotopic (exact) mass is 279 g/mol. The van der Waals surface area contributed by atoms with Crippen LogP contribution in [-0.4, -0.2) is 28.5 Å². The Morgan fingerprint density at radius 1 is 1.00 bits per heavy atom. The van der Waals surface area contributed by atoms with E-state index in [-0.39, 0.29) is 0 Å². The van der Waals surface area contributed by atoms with Crippen molar-refractivity contribution in [2.75, 3.05) is 14.1 Å². The number of benzene rings is 2. The molecule has 0 spiro atoms. The lowest BCUT2D eigenvalue weighted by Gasteiger charge is -2.14. The van der Waals surface area contributed by atoms with E-state index in [2.05, 4.69) is 73.0 Å². The van der Waals surface area contributed by atoms with Gasteiger partial charge in [0.1, 0.15) is 5.82 Å². The summed E-state index contributed by atoms with van der Waals surface area (Å²) in [4.78, 5) is 6.96. The molecule has 0 N–H and O–H groups in total. The smallest absolute Gasteiger partial charge is 0.124 e. The highest BCUT2D eigenvalue weighted by Gasteiger charge is 2.12. The Bertz CT molecular complexity index is 756. The Morgan fingerprint density at radius 2 is 1.71 bits per heavy atom. The lowest BCUT2D eigenvalue weighted by atomic mass is 10.1. The molecule has 0 aliphatic carbocycles. The van der Waals surface area contributed by atoms with Crippen LogP contribution in [0.4, 0.5) is 0 Å². The average molecular weight is 279 g/mol. The fourth-order valence-corrected chi connectivity index (χ4v) is 2.66. The van der Waals surface area contributed by atoms with Crippen LogP contribution in [0.2, 0.25) is 0 Å². The molecule has 0 unspecified atom stereocenters. The highest BCUT2D eigenvalue weighted by atomic mass is 15.2. The zero-order valence-electron chi connectivity index (χ0n) is 12.9. The molecular weight excluding hydrogens is 258 g/mol. The van der Waals surface area contributed by atoms with Gasteiger partial charge in [0.15, 0.2) is 0 Å². The topological polar surface area (TPSA) is 21.1 Å². The number of aryl methyl sites for hydroxylation is 1. The molecule has 3 heteroatoms. The first-order valence-corrected chi connectivity index (χ1v) is 7.28. The summed E-state index contributed by atoms with van der Waals surface area (Å²) < 4.78 is 2.33. The molecule has 108 valence electrons. The van der Waals surface area contributed by atoms with E-state index in [1.807, 2.05) is 6.07 Å². The first-order valence-electron chi connectivity index (χ1n) is 7.28. The van der Waals surface area contributed by atoms with Crippen LogP contribution in [0.5, 0.6) is 0 Å². The number of rotatable bonds is 4. The number of nitrogens with zero attached hydrogens (tertiary/aromatic N) is 3. The van der Waals surface area contributed by atoms with Crippen molar-refractivity contribution in [3.63, 3.8) is 0 Å². The molecule has 3 nitrogen and oxygen atoms in total. The van der Waals surface area contributed by atoms with Gasteiger partial charge in [-0.25, -0.2) is 4.98 Å². The van der Waals surface area contributed by atoms with E-state index in [9.17, 15) is 0 Å². The molecular formula is C18H21N3. The van der Waals surface area contributed by atoms with Crippen LogP contribution in [-0.2, 0) is 13.1 Å². The third-order valence-electron chi connectivity index (χ3n) is 3.78. The quantitative estimate of drug-likeness (QED) is 0.729. The number of hydrogen-bond acceptors (Lipinski definition) is 2. The third-order valence-corrected chi connectivity index (χ3v) is 3.78. The largest absolute Gasteiger partial charge is 0.322 e. The summed E-state index contributed by atoms with van der Waals surface area (Å²) in [5, 5.41) is 0. The van der Waals surface area contributed by atoms with Gasteiger partial charge < -0.3 is 9.47 Å². The first-order chi connectivity index (χ1) is 10.1. The zero-order chi connectivity index (χ0) is 14.8. The number of imidazole rings is 1. The molecule has 0 amide bonds. The summed E-state index contributed by atoms with van der Waals surface area (Å²) in [6.07, 6.45) is 0. The summed E-state index contributed by atoms with van der Waals surface area (Å²) in [6.45, 7) is 3.89. The lowest BCUT2D eigenvalue weighted by molar-refractivity contribution is 0.384. The molecule has 0 saturated carbocycles. The van der Waals surface area contributed by atoms with Crippen LogP contribution in [0.25, 0.3) is 11.0 Å². The van der Waals surface area contributed by atoms with Crippen LogP contribution in [0, 0.1) is 6.92 Å². The second kappa shape index (κ2) is 5.70. The van der Waals surface area contributed by atoms with Gasteiger partial charge >= 0.3 is 0 Å². The van der Waals surface area contributed by atoms with Crippen molar-refractivity contribution in [2.24, 2.45) is 0 Å². The van der Waals surface area contributed by atoms with E-state index in [4.69, 9.17) is 4.98 Å². The van der Waals surface area contributed by atoms with Crippen LogP contribution >= 0.6 is 0 Å². The maximum absolute atomic E-state index is 4.80. The lowest BCUT2D eigenvalue weighted by Crippen LogP contribution is -2.16. The van der Waals surface area contributed by atoms with Crippen molar-refractivity contribution in [2.45, 2.75) is 20.0 Å². The van der Waals surface area contributed by atoms with Crippen LogP contribution < -0.4 is 0 Å². The molecule has 1 aromatic heterocycles. The van der Waals surface area contributed by atoms with E-state index in [0.717, 1.165) is 24.4 Å². The molecule has 21 heavy (non-hydrogen) atoms. The predicted molar refractivity (Wildman–Crippen MR) is 87.4 cm³/mol. The molecule has 0 bridgehead atoms. The Kier molecular flexibility index (Phi) is 3.76. The number of para-hydroxylation sites is 2. The van der Waals surface area contributed by atoms with Gasteiger partial charge in [0.05, 0.1) is 17.6 Å². The fourth-order valence-electron chi connectivity index (χ4n) is 2.66. The van der Waals surface area contributed by atoms with Crippen molar-refractivity contribution >= 4 is 11.0 Å². The Morgan fingerprint density at radius 3 is 2.48 bits per heavy atom. The SMILES string of the molecule is Cc1ccccc1Cn1c(CN(C)C)nc2ccccc21.